The number of unbranched alkanes of at least 4 members (excludes halogenated alkanes) is 1. The largest absolute Gasteiger partial charge is 0.497 e. The average Bonchev–Trinajstić information content (AvgIpc) is 3.35. The summed E-state index contributed by atoms with van der Waals surface area (Å²) in [6.07, 6.45) is 3.88. The van der Waals surface area contributed by atoms with Crippen LogP contribution in [-0.4, -0.2) is 34.9 Å². The third-order valence-corrected chi connectivity index (χ3v) is 5.81. The van der Waals surface area contributed by atoms with Crippen LogP contribution >= 0.6 is 11.3 Å². The van der Waals surface area contributed by atoms with E-state index in [1.807, 2.05) is 55.5 Å². The molecule has 4 rings (SSSR count). The number of rotatable bonds is 9. The van der Waals surface area contributed by atoms with Crippen molar-refractivity contribution in [1.82, 2.24) is 14.6 Å². The van der Waals surface area contributed by atoms with Gasteiger partial charge in [0.1, 0.15) is 5.75 Å². The molecule has 0 saturated carbocycles. The van der Waals surface area contributed by atoms with E-state index in [1.165, 1.54) is 15.9 Å². The summed E-state index contributed by atoms with van der Waals surface area (Å²) in [6, 6.07) is 13.1. The van der Waals surface area contributed by atoms with Gasteiger partial charge in [-0.3, -0.25) is 4.79 Å². The Kier molecular flexibility index (Phi) is 6.70. The molecule has 4 aromatic rings. The molecule has 0 unspecified atom stereocenters. The summed E-state index contributed by atoms with van der Waals surface area (Å²) in [4.78, 5) is 18.0. The number of nitrogens with zero attached hydrogens (tertiary/aromatic N) is 3. The molecule has 0 radical (unpaired) electrons. The summed E-state index contributed by atoms with van der Waals surface area (Å²) in [6.45, 7) is 5.24. The highest BCUT2D eigenvalue weighted by Crippen LogP contribution is 2.29. The minimum Gasteiger partial charge on any atom is -0.497 e. The number of ether oxygens (including phenoxy) is 3. The van der Waals surface area contributed by atoms with E-state index in [-0.39, 0.29) is 5.56 Å². The molecule has 0 amide bonds. The van der Waals surface area contributed by atoms with Gasteiger partial charge in [-0.15, -0.1) is 5.10 Å². The Hall–Kier alpha value is -3.39. The van der Waals surface area contributed by atoms with Crippen LogP contribution in [0.25, 0.3) is 22.4 Å². The van der Waals surface area contributed by atoms with Gasteiger partial charge in [-0.05, 0) is 61.4 Å². The topological polar surface area (TPSA) is 75.0 Å². The number of aromatic nitrogens is 3. The van der Waals surface area contributed by atoms with E-state index in [9.17, 15) is 4.79 Å². The molecule has 0 saturated heterocycles. The van der Waals surface area contributed by atoms with Crippen molar-refractivity contribution in [3.8, 4) is 28.6 Å². The second-order valence-electron chi connectivity index (χ2n) is 7.12. The van der Waals surface area contributed by atoms with Crippen LogP contribution in [-0.2, 0) is 0 Å². The lowest BCUT2D eigenvalue weighted by Gasteiger charge is -2.12. The van der Waals surface area contributed by atoms with E-state index in [4.69, 9.17) is 14.2 Å². The smallest absolute Gasteiger partial charge is 0.291 e. The Balaban J connectivity index is 1.64. The normalized spacial score (nSPS) is 11.8. The van der Waals surface area contributed by atoms with Crippen molar-refractivity contribution < 1.29 is 14.2 Å². The first-order valence-electron chi connectivity index (χ1n) is 10.6. The summed E-state index contributed by atoms with van der Waals surface area (Å²) in [7, 11) is 1.62. The SMILES string of the molecule is CCCCOc1ccc(/C=c2\sc3nc(-c4ccc(OC)cc4)nn3c2=O)cc1OCC. The summed E-state index contributed by atoms with van der Waals surface area (Å²) < 4.78 is 18.7. The van der Waals surface area contributed by atoms with Crippen molar-refractivity contribution in [2.75, 3.05) is 20.3 Å². The number of benzene rings is 2. The van der Waals surface area contributed by atoms with Gasteiger partial charge in [-0.2, -0.15) is 9.50 Å². The number of methoxy groups -OCH3 is 1. The summed E-state index contributed by atoms with van der Waals surface area (Å²) in [5, 5.41) is 4.40. The Labute approximate surface area is 189 Å². The van der Waals surface area contributed by atoms with Crippen LogP contribution in [0.15, 0.2) is 47.3 Å². The number of hydrogen-bond acceptors (Lipinski definition) is 7. The molecule has 0 aliphatic heterocycles. The fourth-order valence-corrected chi connectivity index (χ4v) is 4.08. The molecule has 0 aliphatic carbocycles. The zero-order valence-corrected chi connectivity index (χ0v) is 19.1. The van der Waals surface area contributed by atoms with Crippen molar-refractivity contribution in [3.05, 3.63) is 62.9 Å². The molecule has 0 fully saturated rings. The molecule has 32 heavy (non-hydrogen) atoms. The maximum Gasteiger partial charge on any atom is 0.291 e. The Morgan fingerprint density at radius 2 is 1.88 bits per heavy atom. The molecule has 0 bridgehead atoms. The van der Waals surface area contributed by atoms with E-state index >= 15 is 0 Å². The minimum atomic E-state index is -0.196. The standard InChI is InChI=1S/C24H25N3O4S/c1-4-6-13-31-19-12-7-16(14-20(19)30-5-2)15-21-23(28)27-24(32-21)25-22(26-27)17-8-10-18(29-3)11-9-17/h7-12,14-15H,4-6,13H2,1-3H3/b21-15-. The van der Waals surface area contributed by atoms with Crippen molar-refractivity contribution in [3.63, 3.8) is 0 Å². The highest BCUT2D eigenvalue weighted by Gasteiger charge is 2.13. The number of hydrogen-bond donors (Lipinski definition) is 0. The van der Waals surface area contributed by atoms with Crippen molar-refractivity contribution in [1.29, 1.82) is 0 Å². The van der Waals surface area contributed by atoms with E-state index in [0.717, 1.165) is 29.7 Å². The molecule has 0 N–H and O–H groups in total. The number of fused-ring (bicyclic) bond motifs is 1. The van der Waals surface area contributed by atoms with Crippen LogP contribution in [0, 0.1) is 0 Å². The van der Waals surface area contributed by atoms with Gasteiger partial charge in [0.2, 0.25) is 4.96 Å². The van der Waals surface area contributed by atoms with E-state index in [2.05, 4.69) is 17.0 Å². The van der Waals surface area contributed by atoms with Gasteiger partial charge in [-0.1, -0.05) is 30.7 Å². The Morgan fingerprint density at radius 1 is 1.06 bits per heavy atom. The van der Waals surface area contributed by atoms with Gasteiger partial charge in [0.25, 0.3) is 5.56 Å². The van der Waals surface area contributed by atoms with Crippen molar-refractivity contribution in [2.45, 2.75) is 26.7 Å². The van der Waals surface area contributed by atoms with E-state index in [1.54, 1.807) is 7.11 Å². The summed E-state index contributed by atoms with van der Waals surface area (Å²) >= 11 is 1.31. The highest BCUT2D eigenvalue weighted by atomic mass is 32.1. The first kappa shape index (κ1) is 21.8. The van der Waals surface area contributed by atoms with Gasteiger partial charge in [0.05, 0.1) is 24.9 Å². The first-order valence-corrected chi connectivity index (χ1v) is 11.4. The molecule has 166 valence electrons. The second-order valence-corrected chi connectivity index (χ2v) is 8.12. The molecular weight excluding hydrogens is 426 g/mol. The quantitative estimate of drug-likeness (QED) is 0.359. The molecule has 0 atom stereocenters. The van der Waals surface area contributed by atoms with E-state index in [0.29, 0.717) is 40.0 Å². The van der Waals surface area contributed by atoms with Gasteiger partial charge in [0, 0.05) is 5.56 Å². The molecule has 2 aromatic carbocycles. The molecular formula is C24H25N3O4S. The maximum absolute atomic E-state index is 12.9. The van der Waals surface area contributed by atoms with Crippen molar-refractivity contribution in [2.24, 2.45) is 0 Å². The van der Waals surface area contributed by atoms with Crippen LogP contribution in [0.5, 0.6) is 17.2 Å². The molecule has 0 spiro atoms. The Bertz CT molecular complexity index is 1310. The molecule has 7 nitrogen and oxygen atoms in total. The highest BCUT2D eigenvalue weighted by molar-refractivity contribution is 7.15. The van der Waals surface area contributed by atoms with Crippen LogP contribution in [0.4, 0.5) is 0 Å². The lowest BCUT2D eigenvalue weighted by Crippen LogP contribution is -2.23. The fraction of sp³-hybridized carbons (Fsp3) is 0.292. The van der Waals surface area contributed by atoms with Crippen LogP contribution in [0.2, 0.25) is 0 Å². The van der Waals surface area contributed by atoms with Crippen LogP contribution < -0.4 is 24.3 Å². The lowest BCUT2D eigenvalue weighted by atomic mass is 10.2. The monoisotopic (exact) mass is 451 g/mol. The molecule has 0 aliphatic rings. The van der Waals surface area contributed by atoms with E-state index < -0.39 is 0 Å². The molecule has 8 heteroatoms. The minimum absolute atomic E-state index is 0.196. The van der Waals surface area contributed by atoms with Crippen LogP contribution in [0.1, 0.15) is 32.3 Å². The van der Waals surface area contributed by atoms with Crippen LogP contribution in [0.3, 0.4) is 0 Å². The zero-order valence-electron chi connectivity index (χ0n) is 18.3. The van der Waals surface area contributed by atoms with Gasteiger partial charge in [-0.25, -0.2) is 0 Å². The lowest BCUT2D eigenvalue weighted by molar-refractivity contribution is 0.272. The second kappa shape index (κ2) is 9.82. The first-order chi connectivity index (χ1) is 15.6. The molecule has 2 heterocycles. The van der Waals surface area contributed by atoms with Gasteiger partial charge in [0.15, 0.2) is 17.3 Å². The molecule has 2 aromatic heterocycles. The van der Waals surface area contributed by atoms with Crippen molar-refractivity contribution >= 4 is 22.4 Å². The predicted molar refractivity (Wildman–Crippen MR) is 126 cm³/mol. The summed E-state index contributed by atoms with van der Waals surface area (Å²) in [5.41, 5.74) is 1.48. The fourth-order valence-electron chi connectivity index (χ4n) is 3.18. The maximum atomic E-state index is 12.9. The number of thiazole rings is 1. The zero-order chi connectivity index (χ0) is 22.5. The third kappa shape index (κ3) is 4.60. The van der Waals surface area contributed by atoms with Gasteiger partial charge < -0.3 is 14.2 Å². The predicted octanol–water partition coefficient (Wildman–Crippen LogP) is 3.95. The summed E-state index contributed by atoms with van der Waals surface area (Å²) in [5.74, 6) is 2.65. The Morgan fingerprint density at radius 3 is 2.56 bits per heavy atom. The third-order valence-electron chi connectivity index (χ3n) is 4.85. The average molecular weight is 452 g/mol. The van der Waals surface area contributed by atoms with Gasteiger partial charge >= 0.3 is 0 Å².